The van der Waals surface area contributed by atoms with Gasteiger partial charge < -0.3 is 20.1 Å². The van der Waals surface area contributed by atoms with Crippen molar-refractivity contribution in [2.45, 2.75) is 26.8 Å². The van der Waals surface area contributed by atoms with E-state index >= 15 is 0 Å². The summed E-state index contributed by atoms with van der Waals surface area (Å²) in [6.07, 6.45) is 1.84. The topological polar surface area (TPSA) is 94.5 Å². The molecule has 8 heteroatoms. The average Bonchev–Trinajstić information content (AvgIpc) is 3.25. The zero-order valence-corrected chi connectivity index (χ0v) is 18.8. The summed E-state index contributed by atoms with van der Waals surface area (Å²) in [5.74, 6) is 0.265. The number of nitrogens with zero attached hydrogens (tertiary/aromatic N) is 2. The number of carbonyl (C=O) groups excluding carboxylic acids is 2. The maximum Gasteiger partial charge on any atom is 0.338 e. The smallest absolute Gasteiger partial charge is 0.338 e. The molecule has 1 aliphatic heterocycles. The van der Waals surface area contributed by atoms with Gasteiger partial charge in [0.25, 0.3) is 0 Å². The lowest BCUT2D eigenvalue weighted by atomic mass is 9.94. The summed E-state index contributed by atoms with van der Waals surface area (Å²) >= 11 is 0. The highest BCUT2D eigenvalue weighted by Gasteiger charge is 2.35. The molecule has 1 unspecified atom stereocenters. The molecule has 2 N–H and O–H groups in total. The van der Waals surface area contributed by atoms with E-state index in [0.29, 0.717) is 29.1 Å². The molecule has 8 nitrogen and oxygen atoms in total. The molecule has 0 aliphatic carbocycles. The minimum absolute atomic E-state index is 0.227. The second kappa shape index (κ2) is 9.60. The van der Waals surface area contributed by atoms with Crippen LogP contribution >= 0.6 is 0 Å². The second-order valence-electron chi connectivity index (χ2n) is 7.46. The highest BCUT2D eigenvalue weighted by molar-refractivity contribution is 5.95. The number of rotatable bonds is 7. The predicted octanol–water partition coefficient (Wildman–Crippen LogP) is 4.13. The first-order valence-electron chi connectivity index (χ1n) is 10.9. The fourth-order valence-electron chi connectivity index (χ4n) is 3.82. The summed E-state index contributed by atoms with van der Waals surface area (Å²) in [4.78, 5) is 25.2. The molecule has 1 atom stereocenters. The molecule has 4 rings (SSSR count). The quantitative estimate of drug-likeness (QED) is 0.532. The van der Waals surface area contributed by atoms with Crippen LogP contribution in [0.25, 0.3) is 16.9 Å². The largest absolute Gasteiger partial charge is 0.494 e. The van der Waals surface area contributed by atoms with E-state index in [1.165, 1.54) is 0 Å². The van der Waals surface area contributed by atoms with Crippen molar-refractivity contribution in [1.29, 1.82) is 0 Å². The van der Waals surface area contributed by atoms with E-state index in [-0.39, 0.29) is 6.61 Å². The van der Waals surface area contributed by atoms with Gasteiger partial charge >= 0.3 is 12.0 Å². The Morgan fingerprint density at radius 2 is 1.79 bits per heavy atom. The van der Waals surface area contributed by atoms with Gasteiger partial charge in [0.2, 0.25) is 0 Å². The molecule has 170 valence electrons. The zero-order chi connectivity index (χ0) is 23.4. The molecule has 33 heavy (non-hydrogen) atoms. The van der Waals surface area contributed by atoms with Crippen LogP contribution in [-0.4, -0.2) is 35.0 Å². The number of allylic oxidation sites excluding steroid dienone is 1. The number of esters is 1. The van der Waals surface area contributed by atoms with Crippen molar-refractivity contribution in [2.75, 3.05) is 13.2 Å². The number of carbonyl (C=O) groups is 2. The molecule has 0 saturated heterocycles. The van der Waals surface area contributed by atoms with E-state index in [9.17, 15) is 9.59 Å². The Kier molecular flexibility index (Phi) is 6.44. The lowest BCUT2D eigenvalue weighted by Gasteiger charge is -2.27. The Balaban J connectivity index is 1.86. The zero-order valence-electron chi connectivity index (χ0n) is 18.8. The van der Waals surface area contributed by atoms with Crippen molar-refractivity contribution in [2.24, 2.45) is 0 Å². The molecule has 1 aliphatic rings. The molecule has 0 saturated carbocycles. The lowest BCUT2D eigenvalue weighted by molar-refractivity contribution is -0.139. The number of aromatic nitrogens is 2. The van der Waals surface area contributed by atoms with Gasteiger partial charge in [0, 0.05) is 23.0 Å². The number of urea groups is 1. The number of hydrogen-bond donors (Lipinski definition) is 2. The molecule has 2 heterocycles. The standard InChI is InChI=1S/C25H26N4O4/c1-4-32-19-13-11-17(12-14-19)22-20(15-29(28-22)18-9-7-6-8-10-18)23-21(24(30)33-5-2)16(3)26-25(31)27-23/h6-15,23H,4-5H2,1-3H3,(H2,26,27,31). The highest BCUT2D eigenvalue weighted by atomic mass is 16.5. The number of amides is 2. The molecule has 0 fully saturated rings. The van der Waals surface area contributed by atoms with E-state index < -0.39 is 18.0 Å². The van der Waals surface area contributed by atoms with Gasteiger partial charge in [-0.25, -0.2) is 14.3 Å². The van der Waals surface area contributed by atoms with Crippen LogP contribution in [-0.2, 0) is 9.53 Å². The number of benzene rings is 2. The van der Waals surface area contributed by atoms with Gasteiger partial charge in [0.15, 0.2) is 0 Å². The molecule has 2 amide bonds. The monoisotopic (exact) mass is 446 g/mol. The minimum atomic E-state index is -0.725. The van der Waals surface area contributed by atoms with Crippen LogP contribution in [0, 0.1) is 0 Å². The number of para-hydroxylation sites is 1. The van der Waals surface area contributed by atoms with Crippen LogP contribution < -0.4 is 15.4 Å². The molecular weight excluding hydrogens is 420 g/mol. The van der Waals surface area contributed by atoms with Gasteiger partial charge in [0.05, 0.1) is 36.2 Å². The van der Waals surface area contributed by atoms with E-state index in [2.05, 4.69) is 10.6 Å². The lowest BCUT2D eigenvalue weighted by Crippen LogP contribution is -2.45. The van der Waals surface area contributed by atoms with Crippen LogP contribution in [0.15, 0.2) is 72.1 Å². The first kappa shape index (κ1) is 22.1. The van der Waals surface area contributed by atoms with E-state index in [4.69, 9.17) is 14.6 Å². The minimum Gasteiger partial charge on any atom is -0.494 e. The number of ether oxygens (including phenoxy) is 2. The van der Waals surface area contributed by atoms with Crippen LogP contribution in [0.1, 0.15) is 32.4 Å². The van der Waals surface area contributed by atoms with Crippen LogP contribution in [0.4, 0.5) is 4.79 Å². The fourth-order valence-corrected chi connectivity index (χ4v) is 3.82. The van der Waals surface area contributed by atoms with Crippen LogP contribution in [0.5, 0.6) is 5.75 Å². The Bertz CT molecular complexity index is 1180. The SMILES string of the molecule is CCOC(=O)C1=C(C)NC(=O)NC1c1cn(-c2ccccc2)nc1-c1ccc(OCC)cc1. The molecule has 3 aromatic rings. The maximum atomic E-state index is 12.8. The first-order chi connectivity index (χ1) is 16.0. The molecule has 0 bridgehead atoms. The Hall–Kier alpha value is -4.07. The van der Waals surface area contributed by atoms with Gasteiger partial charge in [-0.15, -0.1) is 0 Å². The third kappa shape index (κ3) is 4.59. The Labute approximate surface area is 192 Å². The maximum absolute atomic E-state index is 12.8. The molecule has 0 spiro atoms. The van der Waals surface area contributed by atoms with Gasteiger partial charge in [-0.2, -0.15) is 5.10 Å². The normalized spacial score (nSPS) is 15.6. The van der Waals surface area contributed by atoms with Crippen molar-refractivity contribution in [3.05, 3.63) is 77.6 Å². The van der Waals surface area contributed by atoms with Gasteiger partial charge in [-0.1, -0.05) is 18.2 Å². The molecule has 0 radical (unpaired) electrons. The van der Waals surface area contributed by atoms with Crippen molar-refractivity contribution < 1.29 is 19.1 Å². The van der Waals surface area contributed by atoms with Crippen molar-refractivity contribution in [3.8, 4) is 22.7 Å². The predicted molar refractivity (Wildman–Crippen MR) is 124 cm³/mol. The summed E-state index contributed by atoms with van der Waals surface area (Å²) in [5.41, 5.74) is 3.80. The van der Waals surface area contributed by atoms with Crippen LogP contribution in [0.2, 0.25) is 0 Å². The summed E-state index contributed by atoms with van der Waals surface area (Å²) in [6.45, 7) is 6.16. The summed E-state index contributed by atoms with van der Waals surface area (Å²) < 4.78 is 12.6. The average molecular weight is 447 g/mol. The molecule has 2 aromatic carbocycles. The van der Waals surface area contributed by atoms with Crippen molar-refractivity contribution in [1.82, 2.24) is 20.4 Å². The van der Waals surface area contributed by atoms with E-state index in [1.807, 2.05) is 67.7 Å². The summed E-state index contributed by atoms with van der Waals surface area (Å²) in [7, 11) is 0. The second-order valence-corrected chi connectivity index (χ2v) is 7.46. The first-order valence-corrected chi connectivity index (χ1v) is 10.9. The fraction of sp³-hybridized carbons (Fsp3) is 0.240. The highest BCUT2D eigenvalue weighted by Crippen LogP contribution is 2.35. The third-order valence-corrected chi connectivity index (χ3v) is 5.28. The van der Waals surface area contributed by atoms with Crippen molar-refractivity contribution >= 4 is 12.0 Å². The molecular formula is C25H26N4O4. The summed E-state index contributed by atoms with van der Waals surface area (Å²) in [5, 5.41) is 10.4. The Morgan fingerprint density at radius 1 is 1.06 bits per heavy atom. The van der Waals surface area contributed by atoms with Gasteiger partial charge in [-0.3, -0.25) is 0 Å². The van der Waals surface area contributed by atoms with Gasteiger partial charge in [0.1, 0.15) is 5.75 Å². The van der Waals surface area contributed by atoms with E-state index in [1.54, 1.807) is 18.5 Å². The number of hydrogen-bond acceptors (Lipinski definition) is 5. The summed E-state index contributed by atoms with van der Waals surface area (Å²) in [6, 6.07) is 16.1. The number of nitrogens with one attached hydrogen (secondary N) is 2. The third-order valence-electron chi connectivity index (χ3n) is 5.28. The van der Waals surface area contributed by atoms with Crippen LogP contribution in [0.3, 0.4) is 0 Å². The van der Waals surface area contributed by atoms with E-state index in [0.717, 1.165) is 17.0 Å². The van der Waals surface area contributed by atoms with Crippen molar-refractivity contribution in [3.63, 3.8) is 0 Å². The molecule has 1 aromatic heterocycles. The van der Waals surface area contributed by atoms with Gasteiger partial charge in [-0.05, 0) is 57.2 Å². The Morgan fingerprint density at radius 3 is 2.45 bits per heavy atom.